The number of carbonyl (C=O) groups excluding carboxylic acids is 1. The monoisotopic (exact) mass is 357 g/mol. The van der Waals surface area contributed by atoms with E-state index in [0.717, 1.165) is 4.90 Å². The molecule has 0 amide bonds. The van der Waals surface area contributed by atoms with Crippen LogP contribution in [0.1, 0.15) is 31.9 Å². The summed E-state index contributed by atoms with van der Waals surface area (Å²) >= 11 is 0. The van der Waals surface area contributed by atoms with Crippen LogP contribution in [0.5, 0.6) is 0 Å². The van der Waals surface area contributed by atoms with Crippen molar-refractivity contribution in [1.29, 1.82) is 0 Å². The molecule has 24 heavy (non-hydrogen) atoms. The molecule has 1 aromatic rings. The first-order valence-corrected chi connectivity index (χ1v) is 6.82. The number of ether oxygens (including phenoxy) is 1. The van der Waals surface area contributed by atoms with Gasteiger partial charge in [0.15, 0.2) is 0 Å². The summed E-state index contributed by atoms with van der Waals surface area (Å²) in [5.41, 5.74) is -4.09. The minimum atomic E-state index is -4.94. The zero-order chi connectivity index (χ0) is 18.9. The number of likely N-dealkylation sites (N-methyl/N-ethyl adjacent to an activating group) is 1. The number of hydrogen-bond acceptors (Lipinski definition) is 3. The molecule has 0 unspecified atom stereocenters. The minimum absolute atomic E-state index is 0.0326. The molecule has 0 atom stereocenters. The predicted octanol–water partition coefficient (Wildman–Crippen LogP) is 4.50. The summed E-state index contributed by atoms with van der Waals surface area (Å²) in [6.45, 7) is 4.29. The van der Waals surface area contributed by atoms with E-state index in [1.165, 1.54) is 7.05 Å². The number of anilines is 1. The average Bonchev–Trinajstić information content (AvgIpc) is 2.33. The normalized spacial score (nSPS) is 12.9. The van der Waals surface area contributed by atoms with Crippen molar-refractivity contribution in [2.75, 3.05) is 18.5 Å². The van der Waals surface area contributed by atoms with Gasteiger partial charge in [0.2, 0.25) is 0 Å². The van der Waals surface area contributed by atoms with Crippen LogP contribution >= 0.6 is 0 Å². The van der Waals surface area contributed by atoms with Crippen molar-refractivity contribution in [2.24, 2.45) is 0 Å². The van der Waals surface area contributed by atoms with Crippen LogP contribution < -0.4 is 4.90 Å². The van der Waals surface area contributed by atoms with Gasteiger partial charge in [-0.05, 0) is 39.0 Å². The zero-order valence-corrected chi connectivity index (χ0v) is 13.5. The predicted molar refractivity (Wildman–Crippen MR) is 75.6 cm³/mol. The van der Waals surface area contributed by atoms with Crippen molar-refractivity contribution in [3.63, 3.8) is 0 Å². The van der Waals surface area contributed by atoms with Gasteiger partial charge in [-0.2, -0.15) is 26.3 Å². The molecule has 0 heterocycles. The van der Waals surface area contributed by atoms with Gasteiger partial charge in [0.1, 0.15) is 12.1 Å². The summed E-state index contributed by atoms with van der Waals surface area (Å²) in [5, 5.41) is 0. The van der Waals surface area contributed by atoms with Gasteiger partial charge in [0.25, 0.3) is 0 Å². The van der Waals surface area contributed by atoms with Crippen LogP contribution in [-0.2, 0) is 21.9 Å². The fraction of sp³-hybridized carbons (Fsp3) is 0.533. The fourth-order valence-corrected chi connectivity index (χ4v) is 1.82. The van der Waals surface area contributed by atoms with Gasteiger partial charge >= 0.3 is 18.3 Å². The highest BCUT2D eigenvalue weighted by atomic mass is 19.4. The second-order valence-corrected chi connectivity index (χ2v) is 6.21. The van der Waals surface area contributed by atoms with Crippen molar-refractivity contribution in [1.82, 2.24) is 0 Å². The number of carbonyl (C=O) groups is 1. The van der Waals surface area contributed by atoms with Gasteiger partial charge in [0.05, 0.1) is 11.1 Å². The highest BCUT2D eigenvalue weighted by Gasteiger charge is 2.37. The molecule has 0 N–H and O–H groups in total. The van der Waals surface area contributed by atoms with Crippen LogP contribution in [0.25, 0.3) is 0 Å². The van der Waals surface area contributed by atoms with Crippen LogP contribution in [0.15, 0.2) is 18.2 Å². The lowest BCUT2D eigenvalue weighted by Crippen LogP contribution is -2.33. The zero-order valence-electron chi connectivity index (χ0n) is 13.5. The number of alkyl halides is 6. The van der Waals surface area contributed by atoms with E-state index in [4.69, 9.17) is 4.74 Å². The van der Waals surface area contributed by atoms with Crippen LogP contribution in [0.3, 0.4) is 0 Å². The van der Waals surface area contributed by atoms with Crippen LogP contribution in [-0.4, -0.2) is 25.2 Å². The quantitative estimate of drug-likeness (QED) is 0.589. The molecule has 136 valence electrons. The topological polar surface area (TPSA) is 29.5 Å². The van der Waals surface area contributed by atoms with Crippen LogP contribution in [0.2, 0.25) is 0 Å². The lowest BCUT2D eigenvalue weighted by molar-refractivity contribution is -0.153. The Labute approximate surface area is 135 Å². The third-order valence-corrected chi connectivity index (χ3v) is 2.80. The van der Waals surface area contributed by atoms with Crippen molar-refractivity contribution in [3.05, 3.63) is 29.3 Å². The maximum absolute atomic E-state index is 12.8. The largest absolute Gasteiger partial charge is 0.459 e. The molecule has 9 heteroatoms. The van der Waals surface area contributed by atoms with E-state index in [2.05, 4.69) is 0 Å². The van der Waals surface area contributed by atoms with Gasteiger partial charge in [-0.3, -0.25) is 4.79 Å². The maximum Gasteiger partial charge on any atom is 0.416 e. The first-order chi connectivity index (χ1) is 10.6. The van der Waals surface area contributed by atoms with E-state index in [0.29, 0.717) is 12.1 Å². The Balaban J connectivity index is 3.16. The summed E-state index contributed by atoms with van der Waals surface area (Å²) in [7, 11) is 1.21. The summed E-state index contributed by atoms with van der Waals surface area (Å²) in [5.74, 6) is -0.768. The van der Waals surface area contributed by atoms with E-state index in [1.807, 2.05) is 0 Å². The van der Waals surface area contributed by atoms with Gasteiger partial charge < -0.3 is 9.64 Å². The lowest BCUT2D eigenvalue weighted by Gasteiger charge is -2.24. The molecule has 0 aliphatic heterocycles. The number of halogens is 6. The van der Waals surface area contributed by atoms with Gasteiger partial charge in [-0.15, -0.1) is 0 Å². The molecule has 0 spiro atoms. The van der Waals surface area contributed by atoms with Crippen molar-refractivity contribution < 1.29 is 35.9 Å². The highest BCUT2D eigenvalue weighted by Crippen LogP contribution is 2.38. The standard InChI is InChI=1S/C15H17F6NO2/c1-13(2,3)24-12(23)8-22(4)11-6-9(14(16,17)18)5-10(7-11)15(19,20)21/h5-7H,8H2,1-4H3. The number of esters is 1. The molecule has 3 nitrogen and oxygen atoms in total. The molecule has 1 rings (SSSR count). The average molecular weight is 357 g/mol. The third kappa shape index (κ3) is 5.93. The van der Waals surface area contributed by atoms with E-state index in [9.17, 15) is 31.1 Å². The number of benzene rings is 1. The summed E-state index contributed by atoms with van der Waals surface area (Å²) in [4.78, 5) is 12.7. The van der Waals surface area contributed by atoms with E-state index in [1.54, 1.807) is 20.8 Å². The molecule has 0 aromatic heterocycles. The second-order valence-electron chi connectivity index (χ2n) is 6.21. The van der Waals surface area contributed by atoms with E-state index >= 15 is 0 Å². The third-order valence-electron chi connectivity index (χ3n) is 2.80. The fourth-order valence-electron chi connectivity index (χ4n) is 1.82. The molecular formula is C15H17F6NO2. The Morgan fingerprint density at radius 2 is 1.38 bits per heavy atom. The lowest BCUT2D eigenvalue weighted by atomic mass is 10.1. The number of rotatable bonds is 3. The van der Waals surface area contributed by atoms with Gasteiger partial charge in [0, 0.05) is 12.7 Å². The Kier molecular flexibility index (Phi) is 5.47. The van der Waals surface area contributed by atoms with Crippen molar-refractivity contribution in [3.8, 4) is 0 Å². The smallest absolute Gasteiger partial charge is 0.416 e. The SMILES string of the molecule is CN(CC(=O)OC(C)(C)C)c1cc(C(F)(F)F)cc(C(F)(F)F)c1. The van der Waals surface area contributed by atoms with Gasteiger partial charge in [-0.1, -0.05) is 0 Å². The van der Waals surface area contributed by atoms with Crippen molar-refractivity contribution >= 4 is 11.7 Å². The second kappa shape index (κ2) is 6.52. The molecule has 0 aliphatic rings. The Morgan fingerprint density at radius 1 is 0.958 bits per heavy atom. The van der Waals surface area contributed by atoms with Crippen molar-refractivity contribution in [2.45, 2.75) is 38.7 Å². The molecule has 0 radical (unpaired) electrons. The molecule has 0 saturated heterocycles. The Morgan fingerprint density at radius 3 is 1.71 bits per heavy atom. The number of hydrogen-bond donors (Lipinski definition) is 0. The summed E-state index contributed by atoms with van der Waals surface area (Å²) < 4.78 is 81.8. The summed E-state index contributed by atoms with van der Waals surface area (Å²) in [6, 6.07) is 1.14. The number of nitrogens with zero attached hydrogens (tertiary/aromatic N) is 1. The molecule has 0 fully saturated rings. The van der Waals surface area contributed by atoms with E-state index in [-0.39, 0.29) is 11.8 Å². The Hall–Kier alpha value is -1.93. The van der Waals surface area contributed by atoms with Crippen LogP contribution in [0.4, 0.5) is 32.0 Å². The minimum Gasteiger partial charge on any atom is -0.459 e. The highest BCUT2D eigenvalue weighted by molar-refractivity contribution is 5.76. The first-order valence-electron chi connectivity index (χ1n) is 6.82. The summed E-state index contributed by atoms with van der Waals surface area (Å²) in [6.07, 6.45) is -9.88. The van der Waals surface area contributed by atoms with Crippen LogP contribution in [0, 0.1) is 0 Å². The molecular weight excluding hydrogens is 340 g/mol. The van der Waals surface area contributed by atoms with Gasteiger partial charge in [-0.25, -0.2) is 0 Å². The first kappa shape index (κ1) is 20.1. The van der Waals surface area contributed by atoms with E-state index < -0.39 is 41.6 Å². The maximum atomic E-state index is 12.8. The molecule has 1 aromatic carbocycles. The molecule has 0 saturated carbocycles. The molecule has 0 bridgehead atoms. The Bertz CT molecular complexity index is 569. The molecule has 0 aliphatic carbocycles.